The van der Waals surface area contributed by atoms with Gasteiger partial charge in [0.2, 0.25) is 5.82 Å². The van der Waals surface area contributed by atoms with Crippen LogP contribution in [0.5, 0.6) is 11.5 Å². The Kier molecular flexibility index (Phi) is 9.74. The molecule has 0 aromatic heterocycles. The van der Waals surface area contributed by atoms with E-state index in [9.17, 15) is 39.5 Å². The Morgan fingerprint density at radius 3 is 1.85 bits per heavy atom. The van der Waals surface area contributed by atoms with E-state index in [2.05, 4.69) is 4.74 Å². The molecule has 0 unspecified atom stereocenters. The van der Waals surface area contributed by atoms with E-state index in [1.807, 2.05) is 0 Å². The van der Waals surface area contributed by atoms with Crippen LogP contribution >= 0.6 is 0 Å². The third kappa shape index (κ3) is 7.63. The summed E-state index contributed by atoms with van der Waals surface area (Å²) in [5.74, 6) is -6.17. The first-order valence-electron chi connectivity index (χ1n) is 14.0. The van der Waals surface area contributed by atoms with Crippen molar-refractivity contribution in [1.82, 2.24) is 0 Å². The van der Waals surface area contributed by atoms with Gasteiger partial charge >= 0.3 is 12.3 Å². The second-order valence-corrected chi connectivity index (χ2v) is 11.1. The van der Waals surface area contributed by atoms with Crippen LogP contribution in [0, 0.1) is 41.0 Å². The van der Waals surface area contributed by atoms with E-state index in [1.165, 1.54) is 6.07 Å². The van der Waals surface area contributed by atoms with Crippen LogP contribution < -0.4 is 9.47 Å². The lowest BCUT2D eigenvalue weighted by Crippen LogP contribution is -2.28. The van der Waals surface area contributed by atoms with Gasteiger partial charge in [-0.1, -0.05) is 18.9 Å². The maximum Gasteiger partial charge on any atom is 0.422 e. The van der Waals surface area contributed by atoms with Crippen molar-refractivity contribution in [1.29, 1.82) is 0 Å². The predicted molar refractivity (Wildman–Crippen MR) is 134 cm³/mol. The van der Waals surface area contributed by atoms with Gasteiger partial charge in [0.15, 0.2) is 11.6 Å². The van der Waals surface area contributed by atoms with Crippen molar-refractivity contribution in [2.45, 2.75) is 89.3 Å². The molecule has 2 aliphatic rings. The molecule has 2 saturated carbocycles. The number of benzene rings is 2. The van der Waals surface area contributed by atoms with Crippen molar-refractivity contribution < 1.29 is 49.0 Å². The Balaban J connectivity index is 1.23. The highest BCUT2D eigenvalue weighted by atomic mass is 19.4. The topological polar surface area (TPSA) is 18.5 Å². The average Bonchev–Trinajstić information content (AvgIpc) is 2.89. The summed E-state index contributed by atoms with van der Waals surface area (Å²) < 4.78 is 133. The first-order chi connectivity index (χ1) is 19.3. The SMILES string of the molecule is CCOc1ccc(C2CCC(C3CCC(CCC(F)(F)Oc4cc(F)c(C(F)(F)F)c(F)c4)CC3)CC2)c(F)c1F. The summed E-state index contributed by atoms with van der Waals surface area (Å²) in [6.45, 7) is 1.94. The highest BCUT2D eigenvalue weighted by Gasteiger charge is 2.40. The molecule has 2 aromatic carbocycles. The van der Waals surface area contributed by atoms with Crippen LogP contribution in [-0.2, 0) is 6.18 Å². The minimum atomic E-state index is -5.30. The lowest BCUT2D eigenvalue weighted by Gasteiger charge is -2.38. The fourth-order valence-electron chi connectivity index (χ4n) is 6.45. The molecule has 0 amide bonds. The van der Waals surface area contributed by atoms with E-state index in [-0.39, 0.29) is 42.7 Å². The second kappa shape index (κ2) is 12.7. The Labute approximate surface area is 233 Å². The Bertz CT molecular complexity index is 1160. The molecule has 0 N–H and O–H groups in total. The zero-order valence-corrected chi connectivity index (χ0v) is 22.6. The molecule has 0 aliphatic heterocycles. The van der Waals surface area contributed by atoms with Gasteiger partial charge in [0.05, 0.1) is 13.0 Å². The number of halogens is 9. The molecule has 0 spiro atoms. The molecule has 41 heavy (non-hydrogen) atoms. The fourth-order valence-corrected chi connectivity index (χ4v) is 6.45. The molecule has 2 fully saturated rings. The molecular weight excluding hydrogens is 563 g/mol. The van der Waals surface area contributed by atoms with Gasteiger partial charge in [0.1, 0.15) is 22.9 Å². The van der Waals surface area contributed by atoms with Crippen LogP contribution in [0.3, 0.4) is 0 Å². The molecule has 0 bridgehead atoms. The number of ether oxygens (including phenoxy) is 2. The summed E-state index contributed by atoms with van der Waals surface area (Å²) in [7, 11) is 0. The lowest BCUT2D eigenvalue weighted by molar-refractivity contribution is -0.183. The second-order valence-electron chi connectivity index (χ2n) is 11.1. The van der Waals surface area contributed by atoms with E-state index >= 15 is 0 Å². The van der Waals surface area contributed by atoms with Gasteiger partial charge in [0.25, 0.3) is 0 Å². The molecule has 2 aliphatic carbocycles. The van der Waals surface area contributed by atoms with Gasteiger partial charge in [-0.05, 0) is 87.2 Å². The van der Waals surface area contributed by atoms with Crippen molar-refractivity contribution >= 4 is 0 Å². The molecule has 4 rings (SSSR count). The highest BCUT2D eigenvalue weighted by molar-refractivity contribution is 5.34. The summed E-state index contributed by atoms with van der Waals surface area (Å²) >= 11 is 0. The quantitative estimate of drug-likeness (QED) is 0.268. The van der Waals surface area contributed by atoms with Crippen LogP contribution in [0.25, 0.3) is 0 Å². The zero-order valence-electron chi connectivity index (χ0n) is 22.6. The lowest BCUT2D eigenvalue weighted by atomic mass is 9.68. The van der Waals surface area contributed by atoms with Crippen LogP contribution in [0.4, 0.5) is 39.5 Å². The van der Waals surface area contributed by atoms with Gasteiger partial charge < -0.3 is 9.47 Å². The molecule has 0 radical (unpaired) electrons. The van der Waals surface area contributed by atoms with Crippen molar-refractivity contribution in [3.8, 4) is 11.5 Å². The van der Waals surface area contributed by atoms with Gasteiger partial charge in [-0.2, -0.15) is 26.3 Å². The van der Waals surface area contributed by atoms with Gasteiger partial charge in [-0.15, -0.1) is 0 Å². The fraction of sp³-hybridized carbons (Fsp3) is 0.600. The summed E-state index contributed by atoms with van der Waals surface area (Å²) in [5.41, 5.74) is -1.78. The van der Waals surface area contributed by atoms with Gasteiger partial charge in [-0.3, -0.25) is 0 Å². The molecule has 0 atom stereocenters. The molecule has 0 saturated heterocycles. The average molecular weight is 597 g/mol. The number of alkyl halides is 5. The van der Waals surface area contributed by atoms with Crippen LogP contribution in [0.2, 0.25) is 0 Å². The minimum absolute atomic E-state index is 0.000864. The largest absolute Gasteiger partial charge is 0.491 e. The van der Waals surface area contributed by atoms with Gasteiger partial charge in [-0.25, -0.2) is 13.2 Å². The zero-order chi connectivity index (χ0) is 29.9. The van der Waals surface area contributed by atoms with Crippen LogP contribution in [-0.4, -0.2) is 12.7 Å². The Morgan fingerprint density at radius 2 is 1.32 bits per heavy atom. The van der Waals surface area contributed by atoms with Crippen molar-refractivity contribution in [2.24, 2.45) is 17.8 Å². The normalized spacial score (nSPS) is 23.9. The van der Waals surface area contributed by atoms with E-state index in [0.29, 0.717) is 17.4 Å². The van der Waals surface area contributed by atoms with E-state index in [0.717, 1.165) is 51.4 Å². The summed E-state index contributed by atoms with van der Waals surface area (Å²) in [4.78, 5) is 0. The maximum atomic E-state index is 14.6. The standard InChI is InChI=1S/C30H33F9O2/c1-2-40-25-12-11-22(27(33)28(25)34)20-9-7-19(8-10-20)18-5-3-17(4-6-18)13-14-29(35,36)41-21-15-23(31)26(24(32)16-21)30(37,38)39/h11-12,15-20H,2-10,13-14H2,1H3. The Hall–Kier alpha value is -2.59. The van der Waals surface area contributed by atoms with E-state index < -0.39 is 53.3 Å². The van der Waals surface area contributed by atoms with E-state index in [1.54, 1.807) is 13.0 Å². The molecule has 0 heterocycles. The maximum absolute atomic E-state index is 14.6. The van der Waals surface area contributed by atoms with E-state index in [4.69, 9.17) is 4.74 Å². The highest BCUT2D eigenvalue weighted by Crippen LogP contribution is 2.46. The van der Waals surface area contributed by atoms with Crippen LogP contribution in [0.1, 0.15) is 88.2 Å². The van der Waals surface area contributed by atoms with Gasteiger partial charge in [0, 0.05) is 12.1 Å². The first kappa shape index (κ1) is 31.3. The summed E-state index contributed by atoms with van der Waals surface area (Å²) in [6, 6.07) is 3.30. The summed E-state index contributed by atoms with van der Waals surface area (Å²) in [5, 5.41) is 0. The van der Waals surface area contributed by atoms with Crippen molar-refractivity contribution in [2.75, 3.05) is 6.61 Å². The Morgan fingerprint density at radius 1 is 0.756 bits per heavy atom. The molecule has 2 nitrogen and oxygen atoms in total. The minimum Gasteiger partial charge on any atom is -0.491 e. The third-order valence-corrected chi connectivity index (χ3v) is 8.56. The summed E-state index contributed by atoms with van der Waals surface area (Å²) in [6.07, 6.45) is -3.35. The smallest absolute Gasteiger partial charge is 0.422 e. The predicted octanol–water partition coefficient (Wildman–Crippen LogP) is 10.2. The van der Waals surface area contributed by atoms with Crippen molar-refractivity contribution in [3.63, 3.8) is 0 Å². The first-order valence-corrected chi connectivity index (χ1v) is 14.0. The number of rotatable bonds is 9. The van der Waals surface area contributed by atoms with Crippen molar-refractivity contribution in [3.05, 3.63) is 58.7 Å². The monoisotopic (exact) mass is 596 g/mol. The van der Waals surface area contributed by atoms with Crippen LogP contribution in [0.15, 0.2) is 24.3 Å². The molecular formula is C30H33F9O2. The molecule has 2 aromatic rings. The third-order valence-electron chi connectivity index (χ3n) is 8.56. The molecule has 11 heteroatoms. The molecule has 228 valence electrons. The number of hydrogen-bond acceptors (Lipinski definition) is 2. The number of hydrogen-bond donors (Lipinski definition) is 0.